The van der Waals surface area contributed by atoms with E-state index in [2.05, 4.69) is 4.74 Å². The van der Waals surface area contributed by atoms with Gasteiger partial charge in [-0.25, -0.2) is 0 Å². The lowest BCUT2D eigenvalue weighted by Crippen LogP contribution is -2.17. The number of benzene rings is 2. The van der Waals surface area contributed by atoms with Crippen molar-refractivity contribution in [1.82, 2.24) is 0 Å². The number of halogens is 7. The van der Waals surface area contributed by atoms with E-state index in [-0.39, 0.29) is 30.1 Å². The zero-order valence-corrected chi connectivity index (χ0v) is 12.7. The molecule has 2 aromatic carbocycles. The average Bonchev–Trinajstić information content (AvgIpc) is 2.44. The maximum atomic E-state index is 12.7. The van der Waals surface area contributed by atoms with Gasteiger partial charge in [-0.15, -0.1) is 25.6 Å². The number of ether oxygens (including phenoxy) is 1. The van der Waals surface area contributed by atoms with Gasteiger partial charge in [-0.3, -0.25) is 0 Å². The van der Waals surface area contributed by atoms with Gasteiger partial charge in [-0.2, -0.15) is 13.2 Å². The van der Waals surface area contributed by atoms with E-state index in [1.54, 1.807) is 0 Å². The van der Waals surface area contributed by atoms with Crippen molar-refractivity contribution in [2.45, 2.75) is 19.1 Å². The van der Waals surface area contributed by atoms with Crippen molar-refractivity contribution in [1.29, 1.82) is 0 Å². The molecule has 0 aliphatic carbocycles. The maximum Gasteiger partial charge on any atom is 0.573 e. The molecule has 0 saturated carbocycles. The van der Waals surface area contributed by atoms with Crippen molar-refractivity contribution in [2.75, 3.05) is 0 Å². The van der Waals surface area contributed by atoms with E-state index in [9.17, 15) is 26.3 Å². The third kappa shape index (κ3) is 5.31. The molecule has 2 nitrogen and oxygen atoms in total. The highest BCUT2D eigenvalue weighted by atomic mass is 35.5. The number of alkyl halides is 6. The van der Waals surface area contributed by atoms with Gasteiger partial charge in [0, 0.05) is 6.54 Å². The first kappa shape index (κ1) is 20.1. The highest BCUT2D eigenvalue weighted by molar-refractivity contribution is 5.85. The van der Waals surface area contributed by atoms with Crippen LogP contribution >= 0.6 is 12.4 Å². The Morgan fingerprint density at radius 1 is 0.875 bits per heavy atom. The fraction of sp³-hybridized carbons (Fsp3) is 0.200. The van der Waals surface area contributed by atoms with Gasteiger partial charge in [0.25, 0.3) is 0 Å². The molecule has 0 heterocycles. The summed E-state index contributed by atoms with van der Waals surface area (Å²) in [7, 11) is 0. The van der Waals surface area contributed by atoms with Crippen LogP contribution in [0, 0.1) is 0 Å². The molecule has 0 unspecified atom stereocenters. The van der Waals surface area contributed by atoms with Gasteiger partial charge >= 0.3 is 12.5 Å². The standard InChI is InChI=1S/C15H11F6NO.ClH/c16-14(17,18)12-3-1-2-10(6-12)11-4-9(8-22)5-13(7-11)23-15(19,20)21;/h1-7H,8,22H2;1H. The van der Waals surface area contributed by atoms with Gasteiger partial charge in [-0.1, -0.05) is 12.1 Å². The van der Waals surface area contributed by atoms with Crippen molar-refractivity contribution in [3.63, 3.8) is 0 Å². The summed E-state index contributed by atoms with van der Waals surface area (Å²) in [4.78, 5) is 0. The molecule has 0 amide bonds. The van der Waals surface area contributed by atoms with E-state index in [4.69, 9.17) is 5.73 Å². The summed E-state index contributed by atoms with van der Waals surface area (Å²) in [6, 6.07) is 7.79. The Balaban J connectivity index is 0.00000288. The normalized spacial score (nSPS) is 11.8. The molecular formula is C15H12ClF6NO. The van der Waals surface area contributed by atoms with Gasteiger partial charge in [-0.05, 0) is 47.0 Å². The Labute approximate surface area is 139 Å². The topological polar surface area (TPSA) is 35.2 Å². The molecule has 2 N–H and O–H groups in total. The van der Waals surface area contributed by atoms with E-state index in [0.29, 0.717) is 5.56 Å². The Kier molecular flexibility index (Phi) is 6.13. The van der Waals surface area contributed by atoms with Crippen LogP contribution < -0.4 is 10.5 Å². The van der Waals surface area contributed by atoms with Crippen molar-refractivity contribution in [2.24, 2.45) is 5.73 Å². The van der Waals surface area contributed by atoms with Crippen molar-refractivity contribution in [3.8, 4) is 16.9 Å². The molecule has 0 fully saturated rings. The molecule has 0 bridgehead atoms. The Hall–Kier alpha value is -1.93. The van der Waals surface area contributed by atoms with Crippen LogP contribution in [0.2, 0.25) is 0 Å². The largest absolute Gasteiger partial charge is 0.573 e. The lowest BCUT2D eigenvalue weighted by Gasteiger charge is -2.13. The zero-order chi connectivity index (χ0) is 17.3. The van der Waals surface area contributed by atoms with Crippen LogP contribution in [-0.4, -0.2) is 6.36 Å². The fourth-order valence-electron chi connectivity index (χ4n) is 2.01. The highest BCUT2D eigenvalue weighted by Crippen LogP contribution is 2.34. The lowest BCUT2D eigenvalue weighted by molar-refractivity contribution is -0.274. The summed E-state index contributed by atoms with van der Waals surface area (Å²) in [5, 5.41) is 0. The number of nitrogens with two attached hydrogens (primary N) is 1. The van der Waals surface area contributed by atoms with Crippen LogP contribution in [0.4, 0.5) is 26.3 Å². The molecule has 0 atom stereocenters. The van der Waals surface area contributed by atoms with Gasteiger partial charge < -0.3 is 10.5 Å². The maximum absolute atomic E-state index is 12.7. The van der Waals surface area contributed by atoms with Gasteiger partial charge in [0.05, 0.1) is 5.56 Å². The minimum Gasteiger partial charge on any atom is -0.406 e. The Bertz CT molecular complexity index is 699. The van der Waals surface area contributed by atoms with E-state index in [1.807, 2.05) is 0 Å². The third-order valence-corrected chi connectivity index (χ3v) is 2.96. The Morgan fingerprint density at radius 3 is 2.08 bits per heavy atom. The van der Waals surface area contributed by atoms with Crippen LogP contribution in [0.3, 0.4) is 0 Å². The molecule has 0 spiro atoms. The minimum absolute atomic E-state index is 0. The molecule has 24 heavy (non-hydrogen) atoms. The predicted octanol–water partition coefficient (Wildman–Crippen LogP) is 5.15. The number of hydrogen-bond acceptors (Lipinski definition) is 2. The summed E-state index contributed by atoms with van der Waals surface area (Å²) in [6.45, 7) is -0.0823. The second-order valence-corrected chi connectivity index (χ2v) is 4.70. The van der Waals surface area contributed by atoms with Gasteiger partial charge in [0.2, 0.25) is 0 Å². The van der Waals surface area contributed by atoms with E-state index >= 15 is 0 Å². The first-order chi connectivity index (χ1) is 10.6. The van der Waals surface area contributed by atoms with Crippen molar-refractivity contribution in [3.05, 3.63) is 53.6 Å². The zero-order valence-electron chi connectivity index (χ0n) is 11.9. The van der Waals surface area contributed by atoms with E-state index in [0.717, 1.165) is 24.3 Å². The van der Waals surface area contributed by atoms with Crippen LogP contribution in [0.15, 0.2) is 42.5 Å². The molecule has 9 heteroatoms. The molecule has 0 aliphatic rings. The molecule has 0 radical (unpaired) electrons. The highest BCUT2D eigenvalue weighted by Gasteiger charge is 2.32. The van der Waals surface area contributed by atoms with Crippen LogP contribution in [0.25, 0.3) is 11.1 Å². The second kappa shape index (κ2) is 7.31. The molecule has 0 aliphatic heterocycles. The first-order valence-corrected chi connectivity index (χ1v) is 6.36. The van der Waals surface area contributed by atoms with Gasteiger partial charge in [0.15, 0.2) is 0 Å². The Morgan fingerprint density at radius 2 is 1.54 bits per heavy atom. The SMILES string of the molecule is Cl.NCc1cc(OC(F)(F)F)cc(-c2cccc(C(F)(F)F)c2)c1. The van der Waals surface area contributed by atoms with Gasteiger partial charge in [0.1, 0.15) is 5.75 Å². The molecule has 0 aromatic heterocycles. The average molecular weight is 372 g/mol. The summed E-state index contributed by atoms with van der Waals surface area (Å²) >= 11 is 0. The third-order valence-electron chi connectivity index (χ3n) is 2.96. The van der Waals surface area contributed by atoms with Crippen LogP contribution in [0.1, 0.15) is 11.1 Å². The van der Waals surface area contributed by atoms with Crippen molar-refractivity contribution < 1.29 is 31.1 Å². The summed E-state index contributed by atoms with van der Waals surface area (Å²) in [5.74, 6) is -0.534. The summed E-state index contributed by atoms with van der Waals surface area (Å²) < 4.78 is 79.0. The molecule has 2 rings (SSSR count). The molecular weight excluding hydrogens is 360 g/mol. The number of hydrogen-bond donors (Lipinski definition) is 1. The molecule has 0 saturated heterocycles. The predicted molar refractivity (Wildman–Crippen MR) is 78.7 cm³/mol. The van der Waals surface area contributed by atoms with E-state index < -0.39 is 23.9 Å². The summed E-state index contributed by atoms with van der Waals surface area (Å²) in [5.41, 5.74) is 5.08. The lowest BCUT2D eigenvalue weighted by atomic mass is 10.0. The van der Waals surface area contributed by atoms with Crippen LogP contribution in [-0.2, 0) is 12.7 Å². The first-order valence-electron chi connectivity index (χ1n) is 6.36. The summed E-state index contributed by atoms with van der Waals surface area (Å²) in [6.07, 6.45) is -9.45. The van der Waals surface area contributed by atoms with E-state index in [1.165, 1.54) is 18.2 Å². The van der Waals surface area contributed by atoms with Crippen LogP contribution in [0.5, 0.6) is 5.75 Å². The number of rotatable bonds is 3. The minimum atomic E-state index is -4.90. The quantitative estimate of drug-likeness (QED) is 0.757. The molecule has 132 valence electrons. The monoisotopic (exact) mass is 371 g/mol. The smallest absolute Gasteiger partial charge is 0.406 e. The second-order valence-electron chi connectivity index (χ2n) is 4.70. The molecule has 2 aromatic rings. The fourth-order valence-corrected chi connectivity index (χ4v) is 2.01. The van der Waals surface area contributed by atoms with Crippen molar-refractivity contribution >= 4 is 12.4 Å².